The molecule has 0 aromatic carbocycles. The molecule has 0 amide bonds. The van der Waals surface area contributed by atoms with Crippen LogP contribution in [0.1, 0.15) is 0 Å². The minimum atomic E-state index is -1.22. The van der Waals surface area contributed by atoms with E-state index in [0.29, 0.717) is 0 Å². The zero-order chi connectivity index (χ0) is 13.6. The van der Waals surface area contributed by atoms with Crippen molar-refractivity contribution >= 4 is 49.2 Å². The summed E-state index contributed by atoms with van der Waals surface area (Å²) in [6.45, 7) is 14.6. The summed E-state index contributed by atoms with van der Waals surface area (Å²) in [5.74, 6) is 0. The molecule has 0 nitrogen and oxygen atoms in total. The second kappa shape index (κ2) is 4.74. The van der Waals surface area contributed by atoms with Gasteiger partial charge in [0.2, 0.25) is 0 Å². The summed E-state index contributed by atoms with van der Waals surface area (Å²) in [6, 6.07) is 4.80. The zero-order valence-corrected chi connectivity index (χ0v) is 15.8. The highest BCUT2D eigenvalue weighted by Crippen LogP contribution is 2.29. The van der Waals surface area contributed by atoms with Gasteiger partial charge in [0.1, 0.15) is 0 Å². The van der Waals surface area contributed by atoms with E-state index in [4.69, 9.17) is 0 Å². The predicted octanol–water partition coefficient (Wildman–Crippen LogP) is 4.57. The molecule has 98 valence electrons. The van der Waals surface area contributed by atoms with E-state index in [1.54, 1.807) is 10.4 Å². The number of thiophene rings is 2. The molecule has 0 spiro atoms. The van der Waals surface area contributed by atoms with Gasteiger partial charge in [-0.15, -0.1) is 22.7 Å². The Morgan fingerprint density at radius 1 is 0.889 bits per heavy atom. The van der Waals surface area contributed by atoms with Gasteiger partial charge < -0.3 is 0 Å². The SMILES string of the molecule is C[Si](C)(C)c1csc(-c2sccc2[Si](C)(C)C)c1. The quantitative estimate of drug-likeness (QED) is 0.729. The molecule has 0 unspecified atom stereocenters. The summed E-state index contributed by atoms with van der Waals surface area (Å²) >= 11 is 3.85. The van der Waals surface area contributed by atoms with Crippen LogP contribution in [0.15, 0.2) is 22.9 Å². The molecule has 2 aromatic heterocycles. The van der Waals surface area contributed by atoms with E-state index >= 15 is 0 Å². The Hall–Kier alpha value is -0.166. The van der Waals surface area contributed by atoms with Crippen molar-refractivity contribution in [1.29, 1.82) is 0 Å². The number of rotatable bonds is 3. The maximum Gasteiger partial charge on any atom is 0.0795 e. The topological polar surface area (TPSA) is 0 Å². The van der Waals surface area contributed by atoms with Crippen LogP contribution in [-0.4, -0.2) is 16.1 Å². The van der Waals surface area contributed by atoms with Crippen LogP contribution in [0.2, 0.25) is 39.3 Å². The first-order chi connectivity index (χ1) is 8.19. The normalized spacial score (nSPS) is 13.0. The molecular weight excluding hydrogens is 288 g/mol. The van der Waals surface area contributed by atoms with Crippen LogP contribution in [0.4, 0.5) is 0 Å². The third kappa shape index (κ3) is 2.87. The van der Waals surface area contributed by atoms with Crippen LogP contribution < -0.4 is 10.4 Å². The molecule has 0 aliphatic carbocycles. The lowest BCUT2D eigenvalue weighted by molar-refractivity contribution is 1.75. The molecule has 0 bridgehead atoms. The fraction of sp³-hybridized carbons (Fsp3) is 0.429. The highest BCUT2D eigenvalue weighted by molar-refractivity contribution is 7.23. The van der Waals surface area contributed by atoms with Gasteiger partial charge >= 0.3 is 0 Å². The highest BCUT2D eigenvalue weighted by atomic mass is 32.1. The van der Waals surface area contributed by atoms with Crippen molar-refractivity contribution in [3.8, 4) is 9.75 Å². The molecule has 0 saturated heterocycles. The minimum absolute atomic E-state index is 1.16. The fourth-order valence-electron chi connectivity index (χ4n) is 1.94. The predicted molar refractivity (Wildman–Crippen MR) is 93.6 cm³/mol. The minimum Gasteiger partial charge on any atom is -0.143 e. The molecule has 0 N–H and O–H groups in total. The molecule has 2 rings (SSSR count). The summed E-state index contributed by atoms with van der Waals surface area (Å²) in [5, 5.41) is 7.86. The lowest BCUT2D eigenvalue weighted by Gasteiger charge is -2.16. The first-order valence-electron chi connectivity index (χ1n) is 6.37. The second-order valence-electron chi connectivity index (χ2n) is 6.86. The lowest BCUT2D eigenvalue weighted by atomic mass is 10.4. The molecule has 18 heavy (non-hydrogen) atoms. The zero-order valence-electron chi connectivity index (χ0n) is 12.1. The van der Waals surface area contributed by atoms with Crippen molar-refractivity contribution in [1.82, 2.24) is 0 Å². The highest BCUT2D eigenvalue weighted by Gasteiger charge is 2.24. The van der Waals surface area contributed by atoms with Gasteiger partial charge in [-0.1, -0.05) is 45.3 Å². The number of hydrogen-bond acceptors (Lipinski definition) is 2. The Bertz CT molecular complexity index is 539. The van der Waals surface area contributed by atoms with Gasteiger partial charge in [-0.3, -0.25) is 0 Å². The van der Waals surface area contributed by atoms with Crippen LogP contribution in [-0.2, 0) is 0 Å². The molecule has 0 radical (unpaired) electrons. The standard InChI is InChI=1S/C14H22S2Si2/c1-17(2,3)11-9-12(16-10-11)14-13(7-8-15-14)18(4,5)6/h7-10H,1-6H3. The monoisotopic (exact) mass is 310 g/mol. The Labute approximate surface area is 121 Å². The Balaban J connectivity index is 2.45. The largest absolute Gasteiger partial charge is 0.143 e. The van der Waals surface area contributed by atoms with Crippen LogP contribution in [0.3, 0.4) is 0 Å². The summed E-state index contributed by atoms with van der Waals surface area (Å²) in [7, 11) is -2.38. The van der Waals surface area contributed by atoms with E-state index in [2.05, 4.69) is 62.2 Å². The smallest absolute Gasteiger partial charge is 0.0795 e. The molecule has 2 heterocycles. The molecule has 0 saturated carbocycles. The van der Waals surface area contributed by atoms with Crippen molar-refractivity contribution in [2.45, 2.75) is 39.3 Å². The van der Waals surface area contributed by atoms with E-state index in [0.717, 1.165) is 0 Å². The Morgan fingerprint density at radius 3 is 2.06 bits per heavy atom. The van der Waals surface area contributed by atoms with Gasteiger partial charge in [-0.05, 0) is 27.2 Å². The molecule has 4 heteroatoms. The average molecular weight is 311 g/mol. The van der Waals surface area contributed by atoms with Crippen molar-refractivity contribution in [3.63, 3.8) is 0 Å². The van der Waals surface area contributed by atoms with E-state index in [1.807, 2.05) is 22.7 Å². The average Bonchev–Trinajstić information content (AvgIpc) is 2.84. The number of hydrogen-bond donors (Lipinski definition) is 0. The van der Waals surface area contributed by atoms with Crippen LogP contribution in [0.5, 0.6) is 0 Å². The van der Waals surface area contributed by atoms with E-state index in [9.17, 15) is 0 Å². The van der Waals surface area contributed by atoms with Crippen molar-refractivity contribution in [3.05, 3.63) is 22.9 Å². The van der Waals surface area contributed by atoms with Crippen molar-refractivity contribution in [2.24, 2.45) is 0 Å². The van der Waals surface area contributed by atoms with Crippen molar-refractivity contribution < 1.29 is 0 Å². The summed E-state index contributed by atoms with van der Waals surface area (Å²) in [5.41, 5.74) is 0. The molecule has 2 aromatic rings. The summed E-state index contributed by atoms with van der Waals surface area (Å²) in [4.78, 5) is 3.02. The lowest BCUT2D eigenvalue weighted by Crippen LogP contribution is -2.37. The second-order valence-corrected chi connectivity index (χ2v) is 18.8. The first-order valence-corrected chi connectivity index (χ1v) is 15.1. The molecular formula is C14H22S2Si2. The van der Waals surface area contributed by atoms with Gasteiger partial charge in [-0.2, -0.15) is 0 Å². The summed E-state index contributed by atoms with van der Waals surface area (Å²) < 4.78 is 0. The van der Waals surface area contributed by atoms with Gasteiger partial charge in [0.15, 0.2) is 0 Å². The van der Waals surface area contributed by atoms with Crippen molar-refractivity contribution in [2.75, 3.05) is 0 Å². The molecule has 0 aliphatic heterocycles. The molecule has 0 aliphatic rings. The first kappa shape index (κ1) is 14.2. The van der Waals surface area contributed by atoms with Crippen LogP contribution in [0.25, 0.3) is 9.75 Å². The van der Waals surface area contributed by atoms with Crippen LogP contribution >= 0.6 is 22.7 Å². The Kier molecular flexibility index (Phi) is 3.75. The van der Waals surface area contributed by atoms with Gasteiger partial charge in [0.25, 0.3) is 0 Å². The maximum atomic E-state index is 2.45. The van der Waals surface area contributed by atoms with E-state index < -0.39 is 16.1 Å². The summed E-state index contributed by atoms with van der Waals surface area (Å²) in [6.07, 6.45) is 0. The van der Waals surface area contributed by atoms with Crippen LogP contribution in [0, 0.1) is 0 Å². The van der Waals surface area contributed by atoms with Gasteiger partial charge in [0, 0.05) is 9.75 Å². The van der Waals surface area contributed by atoms with E-state index in [-0.39, 0.29) is 0 Å². The van der Waals surface area contributed by atoms with Gasteiger partial charge in [-0.25, -0.2) is 0 Å². The third-order valence-electron chi connectivity index (χ3n) is 3.16. The Morgan fingerprint density at radius 2 is 1.56 bits per heavy atom. The van der Waals surface area contributed by atoms with Gasteiger partial charge in [0.05, 0.1) is 16.1 Å². The fourth-order valence-corrected chi connectivity index (χ4v) is 8.65. The molecule has 0 atom stereocenters. The maximum absolute atomic E-state index is 2.45. The third-order valence-corrected chi connectivity index (χ3v) is 9.63. The van der Waals surface area contributed by atoms with E-state index in [1.165, 1.54) is 9.75 Å². The molecule has 0 fully saturated rings.